The van der Waals surface area contributed by atoms with E-state index in [1.807, 2.05) is 0 Å². The summed E-state index contributed by atoms with van der Waals surface area (Å²) in [5.41, 5.74) is 13.4. The Morgan fingerprint density at radius 2 is 1.00 bits per heavy atom. The standard InChI is InChI=1S/2C5H12N.Ca/c2*1-2-3-4-5-6;/h2*6H,2-5H2,1H3;/q2*-1;+2. The van der Waals surface area contributed by atoms with Crippen LogP contribution in [0.2, 0.25) is 0 Å². The number of hydrogen-bond acceptors (Lipinski definition) is 0. The van der Waals surface area contributed by atoms with Crippen molar-refractivity contribution in [1.29, 1.82) is 0 Å². The van der Waals surface area contributed by atoms with Crippen molar-refractivity contribution >= 4 is 37.7 Å². The van der Waals surface area contributed by atoms with Gasteiger partial charge < -0.3 is 11.5 Å². The van der Waals surface area contributed by atoms with E-state index in [-0.39, 0.29) is 37.7 Å². The van der Waals surface area contributed by atoms with Crippen LogP contribution in [0.1, 0.15) is 52.4 Å². The van der Waals surface area contributed by atoms with Gasteiger partial charge in [0.2, 0.25) is 0 Å². The van der Waals surface area contributed by atoms with Gasteiger partial charge >= 0.3 is 37.7 Å². The molecule has 0 amide bonds. The first kappa shape index (κ1) is 19.7. The molecule has 2 N–H and O–H groups in total. The Morgan fingerprint density at radius 1 is 0.692 bits per heavy atom. The van der Waals surface area contributed by atoms with E-state index in [0.29, 0.717) is 13.1 Å². The summed E-state index contributed by atoms with van der Waals surface area (Å²) in [5.74, 6) is 0. The average molecular weight is 212 g/mol. The fraction of sp³-hybridized carbons (Fsp3) is 1.00. The maximum absolute atomic E-state index is 6.71. The van der Waals surface area contributed by atoms with Gasteiger partial charge in [0.05, 0.1) is 0 Å². The summed E-state index contributed by atoms with van der Waals surface area (Å²) in [6.07, 6.45) is 7.08. The Morgan fingerprint density at radius 3 is 1.08 bits per heavy atom. The molecule has 0 atom stereocenters. The predicted molar refractivity (Wildman–Crippen MR) is 63.2 cm³/mol. The summed E-state index contributed by atoms with van der Waals surface area (Å²) in [4.78, 5) is 0. The summed E-state index contributed by atoms with van der Waals surface area (Å²) in [6, 6.07) is 0. The fourth-order valence-electron chi connectivity index (χ4n) is 0.750. The SMILES string of the molecule is CCCCC[NH-].CCCCC[NH-].[Ca+2]. The zero-order chi connectivity index (χ0) is 9.66. The van der Waals surface area contributed by atoms with Crippen LogP contribution < -0.4 is 0 Å². The second-order valence-electron chi connectivity index (χ2n) is 2.91. The molecule has 0 fully saturated rings. The zero-order valence-corrected chi connectivity index (χ0v) is 11.6. The molecule has 0 aromatic carbocycles. The molecule has 2 nitrogen and oxygen atoms in total. The van der Waals surface area contributed by atoms with Gasteiger partial charge in [-0.15, -0.1) is 0 Å². The molecule has 0 aliphatic heterocycles. The number of unbranched alkanes of at least 4 members (excludes halogenated alkanes) is 4. The van der Waals surface area contributed by atoms with Crippen molar-refractivity contribution in [2.45, 2.75) is 52.4 Å². The normalized spacial score (nSPS) is 8.31. The van der Waals surface area contributed by atoms with Gasteiger partial charge in [-0.1, -0.05) is 52.4 Å². The average Bonchev–Trinajstić information content (AvgIpc) is 2.12. The van der Waals surface area contributed by atoms with Crippen LogP contribution in [0.25, 0.3) is 11.5 Å². The van der Waals surface area contributed by atoms with E-state index in [1.54, 1.807) is 0 Å². The van der Waals surface area contributed by atoms with Crippen LogP contribution in [0.4, 0.5) is 0 Å². The molecule has 0 aliphatic carbocycles. The molecule has 13 heavy (non-hydrogen) atoms. The molecule has 76 valence electrons. The van der Waals surface area contributed by atoms with Crippen molar-refractivity contribution in [2.24, 2.45) is 0 Å². The maximum Gasteiger partial charge on any atom is 2.00 e. The van der Waals surface area contributed by atoms with Crippen LogP contribution >= 0.6 is 0 Å². The molecular weight excluding hydrogens is 188 g/mol. The van der Waals surface area contributed by atoms with Crippen LogP contribution in [-0.2, 0) is 0 Å². The predicted octanol–water partition coefficient (Wildman–Crippen LogP) is 4.08. The third kappa shape index (κ3) is 32.0. The fourth-order valence-corrected chi connectivity index (χ4v) is 0.750. The molecule has 0 aromatic heterocycles. The quantitative estimate of drug-likeness (QED) is 0.470. The molecule has 0 radical (unpaired) electrons. The molecule has 0 heterocycles. The Kier molecular flexibility index (Phi) is 35.2. The van der Waals surface area contributed by atoms with E-state index >= 15 is 0 Å². The first-order valence-electron chi connectivity index (χ1n) is 5.12. The first-order valence-corrected chi connectivity index (χ1v) is 5.12. The summed E-state index contributed by atoms with van der Waals surface area (Å²) in [6.45, 7) is 5.51. The van der Waals surface area contributed by atoms with Gasteiger partial charge in [0.25, 0.3) is 0 Å². The van der Waals surface area contributed by atoms with Gasteiger partial charge in [0, 0.05) is 0 Å². The van der Waals surface area contributed by atoms with Crippen molar-refractivity contribution in [3.05, 3.63) is 11.5 Å². The van der Waals surface area contributed by atoms with Gasteiger partial charge in [-0.25, -0.2) is 0 Å². The van der Waals surface area contributed by atoms with Crippen molar-refractivity contribution < 1.29 is 0 Å². The molecule has 0 spiro atoms. The van der Waals surface area contributed by atoms with Gasteiger partial charge in [-0.3, -0.25) is 0 Å². The smallest absolute Gasteiger partial charge is 0.677 e. The monoisotopic (exact) mass is 212 g/mol. The van der Waals surface area contributed by atoms with Crippen LogP contribution in [-0.4, -0.2) is 50.8 Å². The molecule has 0 rings (SSSR count). The van der Waals surface area contributed by atoms with Crippen molar-refractivity contribution in [1.82, 2.24) is 0 Å². The Labute approximate surface area is 114 Å². The minimum absolute atomic E-state index is 0. The topological polar surface area (TPSA) is 47.6 Å². The summed E-state index contributed by atoms with van der Waals surface area (Å²) in [5, 5.41) is 0. The third-order valence-electron chi connectivity index (χ3n) is 1.56. The van der Waals surface area contributed by atoms with Crippen LogP contribution in [0.3, 0.4) is 0 Å². The molecule has 0 aliphatic rings. The number of rotatable bonds is 6. The Balaban J connectivity index is -0.000000143. The minimum atomic E-state index is 0. The molecule has 0 bridgehead atoms. The van der Waals surface area contributed by atoms with Gasteiger partial charge in [-0.05, 0) is 0 Å². The third-order valence-corrected chi connectivity index (χ3v) is 1.56. The Hall–Kier alpha value is 1.18. The summed E-state index contributed by atoms with van der Waals surface area (Å²) in [7, 11) is 0. The Bertz CT molecular complexity index is 44.9. The van der Waals surface area contributed by atoms with Crippen LogP contribution in [0.15, 0.2) is 0 Å². The van der Waals surface area contributed by atoms with Crippen molar-refractivity contribution in [3.63, 3.8) is 0 Å². The van der Waals surface area contributed by atoms with E-state index in [0.717, 1.165) is 12.8 Å². The largest absolute Gasteiger partial charge is 2.00 e. The second kappa shape index (κ2) is 23.2. The first-order chi connectivity index (χ1) is 5.83. The maximum atomic E-state index is 6.71. The van der Waals surface area contributed by atoms with E-state index < -0.39 is 0 Å². The summed E-state index contributed by atoms with van der Waals surface area (Å²) < 4.78 is 0. The molecule has 0 unspecified atom stereocenters. The minimum Gasteiger partial charge on any atom is -0.677 e. The van der Waals surface area contributed by atoms with Crippen molar-refractivity contribution in [2.75, 3.05) is 13.1 Å². The van der Waals surface area contributed by atoms with Crippen LogP contribution in [0, 0.1) is 0 Å². The second-order valence-corrected chi connectivity index (χ2v) is 2.91. The molecular formula is C10H24CaN2. The van der Waals surface area contributed by atoms with Gasteiger partial charge in [0.1, 0.15) is 0 Å². The van der Waals surface area contributed by atoms with E-state index in [4.69, 9.17) is 11.5 Å². The van der Waals surface area contributed by atoms with Gasteiger partial charge in [-0.2, -0.15) is 13.1 Å². The van der Waals surface area contributed by atoms with Crippen molar-refractivity contribution in [3.8, 4) is 0 Å². The zero-order valence-electron chi connectivity index (χ0n) is 9.36. The molecule has 0 aromatic rings. The molecule has 3 heteroatoms. The number of hydrogen-bond donors (Lipinski definition) is 0. The van der Waals surface area contributed by atoms with E-state index in [9.17, 15) is 0 Å². The summed E-state index contributed by atoms with van der Waals surface area (Å²) >= 11 is 0. The van der Waals surface area contributed by atoms with E-state index in [1.165, 1.54) is 25.7 Å². The van der Waals surface area contributed by atoms with Crippen LogP contribution in [0.5, 0.6) is 0 Å². The number of nitrogens with one attached hydrogen (secondary N) is 2. The van der Waals surface area contributed by atoms with E-state index in [2.05, 4.69) is 13.8 Å². The molecule has 0 saturated heterocycles. The van der Waals surface area contributed by atoms with Gasteiger partial charge in [0.15, 0.2) is 0 Å². The molecule has 0 saturated carbocycles.